The molecule has 6 heteroatoms. The first-order chi connectivity index (χ1) is 15.8. The fraction of sp³-hybridized carbons (Fsp3) is 0.481. The van der Waals surface area contributed by atoms with Crippen molar-refractivity contribution in [3.63, 3.8) is 0 Å². The number of hydrogen-bond acceptors (Lipinski definition) is 5. The van der Waals surface area contributed by atoms with Crippen molar-refractivity contribution < 1.29 is 0 Å². The van der Waals surface area contributed by atoms with Crippen LogP contribution in [0, 0.1) is 13.8 Å². The van der Waals surface area contributed by atoms with Crippen molar-refractivity contribution >= 4 is 22.8 Å². The maximum Gasteiger partial charge on any atom is 0.157 e. The van der Waals surface area contributed by atoms with Gasteiger partial charge in [0.2, 0.25) is 0 Å². The highest BCUT2D eigenvalue weighted by atomic mass is 15.4. The summed E-state index contributed by atoms with van der Waals surface area (Å²) in [5.74, 6) is 1.15. The van der Waals surface area contributed by atoms with Crippen molar-refractivity contribution in [2.24, 2.45) is 0 Å². The highest BCUT2D eigenvalue weighted by molar-refractivity contribution is 5.75. The Morgan fingerprint density at radius 3 is 2.64 bits per heavy atom. The van der Waals surface area contributed by atoms with E-state index in [2.05, 4.69) is 92.3 Å². The van der Waals surface area contributed by atoms with Crippen LogP contribution >= 0.6 is 0 Å². The summed E-state index contributed by atoms with van der Waals surface area (Å²) in [6.07, 6.45) is 4.04. The summed E-state index contributed by atoms with van der Waals surface area (Å²) in [6.45, 7) is 15.1. The van der Waals surface area contributed by atoms with Gasteiger partial charge in [-0.3, -0.25) is 0 Å². The quantitative estimate of drug-likeness (QED) is 0.555. The Morgan fingerprint density at radius 1 is 1.12 bits per heavy atom. The zero-order chi connectivity index (χ0) is 23.7. The van der Waals surface area contributed by atoms with Gasteiger partial charge in [-0.15, -0.1) is 0 Å². The number of benzene rings is 1. The van der Waals surface area contributed by atoms with Crippen LogP contribution in [0.15, 0.2) is 30.8 Å². The summed E-state index contributed by atoms with van der Waals surface area (Å²) >= 11 is 0. The molecule has 4 rings (SSSR count). The molecule has 3 heterocycles. The standard InChI is InChI=1S/C27H38N6/c1-8-22-19(4)27-31(6)15-11-10-14-28-23-13-12-18(3)16-21(23)20(5)32(7)25(9-2)24-17-26(29-22)33(27)30-24/h12-13,16-17,25,28H,5,8-11,14-15H2,1-4,6-7H3. The first kappa shape index (κ1) is 23.1. The van der Waals surface area contributed by atoms with Gasteiger partial charge in [0, 0.05) is 61.5 Å². The number of nitrogens with one attached hydrogen (secondary N) is 1. The first-order valence-corrected chi connectivity index (χ1v) is 12.2. The highest BCUT2D eigenvalue weighted by Crippen LogP contribution is 2.34. The Labute approximate surface area is 198 Å². The molecule has 1 N–H and O–H groups in total. The third-order valence-electron chi connectivity index (χ3n) is 6.97. The number of aromatic nitrogens is 3. The van der Waals surface area contributed by atoms with Gasteiger partial charge < -0.3 is 15.1 Å². The lowest BCUT2D eigenvalue weighted by Crippen LogP contribution is -2.24. The molecule has 1 atom stereocenters. The van der Waals surface area contributed by atoms with Crippen LogP contribution in [-0.2, 0) is 6.42 Å². The third kappa shape index (κ3) is 4.31. The maximum absolute atomic E-state index is 5.12. The second-order valence-electron chi connectivity index (χ2n) is 9.29. The minimum Gasteiger partial charge on any atom is -0.384 e. The summed E-state index contributed by atoms with van der Waals surface area (Å²) in [5.41, 5.74) is 8.89. The van der Waals surface area contributed by atoms with Crippen LogP contribution in [0.1, 0.15) is 67.2 Å². The molecular weight excluding hydrogens is 408 g/mol. The second-order valence-corrected chi connectivity index (χ2v) is 9.29. The minimum absolute atomic E-state index is 0.112. The van der Waals surface area contributed by atoms with E-state index in [-0.39, 0.29) is 6.04 Å². The molecule has 2 aromatic heterocycles. The van der Waals surface area contributed by atoms with Crippen molar-refractivity contribution in [3.05, 3.63) is 58.9 Å². The topological polar surface area (TPSA) is 48.7 Å². The van der Waals surface area contributed by atoms with Crippen LogP contribution in [0.25, 0.3) is 11.3 Å². The minimum atomic E-state index is 0.112. The lowest BCUT2D eigenvalue weighted by atomic mass is 10.0. The average Bonchev–Trinajstić information content (AvgIpc) is 3.21. The molecular formula is C27H38N6. The molecule has 33 heavy (non-hydrogen) atoms. The third-order valence-corrected chi connectivity index (χ3v) is 6.97. The fourth-order valence-electron chi connectivity index (χ4n) is 5.00. The maximum atomic E-state index is 5.12. The Hall–Kier alpha value is -3.02. The molecule has 1 unspecified atom stereocenters. The van der Waals surface area contributed by atoms with Gasteiger partial charge in [-0.2, -0.15) is 9.61 Å². The van der Waals surface area contributed by atoms with Gasteiger partial charge in [-0.25, -0.2) is 4.98 Å². The van der Waals surface area contributed by atoms with Crippen LogP contribution < -0.4 is 10.2 Å². The van der Waals surface area contributed by atoms with Gasteiger partial charge in [0.05, 0.1) is 11.7 Å². The van der Waals surface area contributed by atoms with E-state index in [1.807, 2.05) is 0 Å². The molecule has 0 saturated heterocycles. The Bertz CT molecular complexity index is 1160. The molecule has 176 valence electrons. The monoisotopic (exact) mass is 446 g/mol. The van der Waals surface area contributed by atoms with Crippen molar-refractivity contribution in [2.45, 2.75) is 59.4 Å². The zero-order valence-corrected chi connectivity index (χ0v) is 21.1. The van der Waals surface area contributed by atoms with E-state index in [1.54, 1.807) is 0 Å². The van der Waals surface area contributed by atoms with E-state index in [1.165, 1.54) is 11.1 Å². The van der Waals surface area contributed by atoms with Crippen LogP contribution in [0.4, 0.5) is 11.5 Å². The van der Waals surface area contributed by atoms with Gasteiger partial charge in [0.25, 0.3) is 0 Å². The van der Waals surface area contributed by atoms with Crippen LogP contribution in [0.2, 0.25) is 0 Å². The zero-order valence-electron chi connectivity index (χ0n) is 21.1. The molecule has 0 spiro atoms. The van der Waals surface area contributed by atoms with E-state index in [0.29, 0.717) is 0 Å². The van der Waals surface area contributed by atoms with Crippen molar-refractivity contribution in [3.8, 4) is 0 Å². The molecule has 0 fully saturated rings. The lowest BCUT2D eigenvalue weighted by Gasteiger charge is -2.31. The van der Waals surface area contributed by atoms with Gasteiger partial charge in [0.1, 0.15) is 5.82 Å². The normalized spacial score (nSPS) is 17.6. The van der Waals surface area contributed by atoms with Crippen LogP contribution in [0.3, 0.4) is 0 Å². The van der Waals surface area contributed by atoms with Gasteiger partial charge in [-0.05, 0) is 51.7 Å². The van der Waals surface area contributed by atoms with Crippen LogP contribution in [-0.4, -0.2) is 46.7 Å². The summed E-state index contributed by atoms with van der Waals surface area (Å²) in [6, 6.07) is 8.86. The van der Waals surface area contributed by atoms with Gasteiger partial charge in [0.15, 0.2) is 5.65 Å². The average molecular weight is 447 g/mol. The number of aryl methyl sites for hydroxylation is 2. The molecule has 0 radical (unpaired) electrons. The number of anilines is 2. The van der Waals surface area contributed by atoms with E-state index in [9.17, 15) is 0 Å². The summed E-state index contributed by atoms with van der Waals surface area (Å²) in [4.78, 5) is 9.60. The molecule has 1 aliphatic rings. The van der Waals surface area contributed by atoms with Crippen LogP contribution in [0.5, 0.6) is 0 Å². The molecule has 3 aromatic rings. The first-order valence-electron chi connectivity index (χ1n) is 12.2. The molecule has 6 nitrogen and oxygen atoms in total. The predicted octanol–water partition coefficient (Wildman–Crippen LogP) is 5.60. The summed E-state index contributed by atoms with van der Waals surface area (Å²) in [5, 5.41) is 8.79. The van der Waals surface area contributed by atoms with Crippen molar-refractivity contribution in [2.75, 3.05) is 37.4 Å². The Kier molecular flexibility index (Phi) is 6.63. The molecule has 1 aliphatic heterocycles. The molecule has 0 amide bonds. The van der Waals surface area contributed by atoms with E-state index in [4.69, 9.17) is 10.1 Å². The predicted molar refractivity (Wildman–Crippen MR) is 139 cm³/mol. The smallest absolute Gasteiger partial charge is 0.157 e. The Morgan fingerprint density at radius 2 is 1.91 bits per heavy atom. The second kappa shape index (κ2) is 9.46. The van der Waals surface area contributed by atoms with E-state index >= 15 is 0 Å². The highest BCUT2D eigenvalue weighted by Gasteiger charge is 2.24. The largest absolute Gasteiger partial charge is 0.384 e. The number of hydrogen-bond donors (Lipinski definition) is 1. The fourth-order valence-corrected chi connectivity index (χ4v) is 5.00. The molecule has 0 aliphatic carbocycles. The Balaban J connectivity index is 1.87. The lowest BCUT2D eigenvalue weighted by molar-refractivity contribution is 0.339. The SMILES string of the molecule is C=C1c2cc(C)ccc2NCCCCN(C)c2c(C)c(CC)nc3cc(nn23)C(CC)N1C. The summed E-state index contributed by atoms with van der Waals surface area (Å²) < 4.78 is 2.05. The number of fused-ring (bicyclic) bond motifs is 2. The molecule has 0 saturated carbocycles. The molecule has 2 bridgehead atoms. The van der Waals surface area contributed by atoms with Gasteiger partial charge >= 0.3 is 0 Å². The van der Waals surface area contributed by atoms with E-state index in [0.717, 1.165) is 78.6 Å². The molecule has 1 aromatic carbocycles. The summed E-state index contributed by atoms with van der Waals surface area (Å²) in [7, 11) is 4.31. The van der Waals surface area contributed by atoms with Gasteiger partial charge in [-0.1, -0.05) is 32.1 Å². The number of nitrogens with zero attached hydrogens (tertiary/aromatic N) is 5. The number of rotatable bonds is 2. The van der Waals surface area contributed by atoms with E-state index < -0.39 is 0 Å². The van der Waals surface area contributed by atoms with Crippen molar-refractivity contribution in [1.82, 2.24) is 19.5 Å². The van der Waals surface area contributed by atoms with Crippen molar-refractivity contribution in [1.29, 1.82) is 0 Å².